The number of nitrogens with one attached hydrogen (secondary N) is 1. The fraction of sp³-hybridized carbons (Fsp3) is 0.600. The molecule has 0 aliphatic carbocycles. The largest absolute Gasteiger partial charge is 0.369 e. The van der Waals surface area contributed by atoms with Gasteiger partial charge in [0.2, 0.25) is 0 Å². The maximum Gasteiger partial charge on any atom is 0.0417 e. The Balaban J connectivity index is 3.23. The predicted molar refractivity (Wildman–Crippen MR) is 84.4 cm³/mol. The van der Waals surface area contributed by atoms with Crippen LogP contribution in [0.5, 0.6) is 0 Å². The summed E-state index contributed by atoms with van der Waals surface area (Å²) >= 11 is 3.56. The first-order chi connectivity index (χ1) is 8.33. The van der Waals surface area contributed by atoms with E-state index in [1.54, 1.807) is 0 Å². The predicted octanol–water partition coefficient (Wildman–Crippen LogP) is 4.35. The average Bonchev–Trinajstić information content (AvgIpc) is 2.36. The van der Waals surface area contributed by atoms with Crippen LogP contribution in [0.2, 0.25) is 0 Å². The minimum atomic E-state index is 0.163. The van der Waals surface area contributed by atoms with Crippen LogP contribution in [0.4, 0.5) is 5.69 Å². The van der Waals surface area contributed by atoms with Gasteiger partial charge in [-0.3, -0.25) is 0 Å². The van der Waals surface area contributed by atoms with E-state index in [9.17, 15) is 0 Å². The Morgan fingerprint density at radius 1 is 1.39 bits per heavy atom. The van der Waals surface area contributed by atoms with Crippen molar-refractivity contribution in [1.29, 1.82) is 0 Å². The van der Waals surface area contributed by atoms with Gasteiger partial charge in [-0.2, -0.15) is 0 Å². The molecule has 1 rings (SSSR count). The maximum absolute atomic E-state index is 3.56. The van der Waals surface area contributed by atoms with Crippen LogP contribution in [-0.4, -0.2) is 19.6 Å². The first-order valence-electron chi connectivity index (χ1n) is 6.54. The SMILES string of the molecule is CCC(C)(C)N(C)c1ccc(Br)cc1C(C)NC. The van der Waals surface area contributed by atoms with Crippen molar-refractivity contribution >= 4 is 21.6 Å². The van der Waals surface area contributed by atoms with Crippen molar-refractivity contribution in [2.24, 2.45) is 0 Å². The lowest BCUT2D eigenvalue weighted by molar-refractivity contribution is 0.468. The standard InChI is InChI=1S/C15H25BrN2/c1-7-15(3,4)18(6)14-9-8-12(16)10-13(14)11(2)17-5/h8-11,17H,7H2,1-6H3. The highest BCUT2D eigenvalue weighted by Gasteiger charge is 2.24. The summed E-state index contributed by atoms with van der Waals surface area (Å²) in [6.07, 6.45) is 1.12. The van der Waals surface area contributed by atoms with Crippen LogP contribution < -0.4 is 10.2 Å². The van der Waals surface area contributed by atoms with Crippen molar-refractivity contribution in [2.45, 2.75) is 45.7 Å². The van der Waals surface area contributed by atoms with Crippen molar-refractivity contribution in [3.05, 3.63) is 28.2 Å². The molecular formula is C15H25BrN2. The number of hydrogen-bond donors (Lipinski definition) is 1. The second kappa shape index (κ2) is 6.07. The Hall–Kier alpha value is -0.540. The molecule has 0 aromatic heterocycles. The minimum Gasteiger partial charge on any atom is -0.369 e. The smallest absolute Gasteiger partial charge is 0.0417 e. The zero-order valence-electron chi connectivity index (χ0n) is 12.3. The summed E-state index contributed by atoms with van der Waals surface area (Å²) in [6, 6.07) is 6.86. The second-order valence-corrected chi connectivity index (χ2v) is 6.35. The van der Waals surface area contributed by atoms with E-state index in [1.165, 1.54) is 11.3 Å². The normalized spacial score (nSPS) is 13.5. The molecule has 0 saturated carbocycles. The molecule has 0 aliphatic heterocycles. The number of nitrogens with zero attached hydrogens (tertiary/aromatic N) is 1. The molecule has 1 unspecified atom stereocenters. The molecule has 0 saturated heterocycles. The summed E-state index contributed by atoms with van der Waals surface area (Å²) < 4.78 is 1.13. The second-order valence-electron chi connectivity index (χ2n) is 5.44. The monoisotopic (exact) mass is 312 g/mol. The number of hydrogen-bond acceptors (Lipinski definition) is 2. The van der Waals surface area contributed by atoms with E-state index in [4.69, 9.17) is 0 Å². The molecule has 2 nitrogen and oxygen atoms in total. The molecule has 3 heteroatoms. The summed E-state index contributed by atoms with van der Waals surface area (Å²) in [4.78, 5) is 2.38. The highest BCUT2D eigenvalue weighted by Crippen LogP contribution is 2.33. The number of benzene rings is 1. The van der Waals surface area contributed by atoms with E-state index in [1.807, 2.05) is 7.05 Å². The first-order valence-corrected chi connectivity index (χ1v) is 7.33. The summed E-state index contributed by atoms with van der Waals surface area (Å²) in [7, 11) is 4.18. The highest BCUT2D eigenvalue weighted by molar-refractivity contribution is 9.10. The summed E-state index contributed by atoms with van der Waals surface area (Å²) in [5.74, 6) is 0. The van der Waals surface area contributed by atoms with Gasteiger partial charge < -0.3 is 10.2 Å². The van der Waals surface area contributed by atoms with Crippen LogP contribution in [0.1, 0.15) is 45.7 Å². The van der Waals surface area contributed by atoms with Crippen LogP contribution in [-0.2, 0) is 0 Å². The van der Waals surface area contributed by atoms with Gasteiger partial charge in [0.1, 0.15) is 0 Å². The lowest BCUT2D eigenvalue weighted by atomic mass is 9.96. The van der Waals surface area contributed by atoms with E-state index in [2.05, 4.69) is 79.1 Å². The molecular weight excluding hydrogens is 288 g/mol. The Kier molecular flexibility index (Phi) is 5.23. The van der Waals surface area contributed by atoms with Gasteiger partial charge >= 0.3 is 0 Å². The van der Waals surface area contributed by atoms with Crippen molar-refractivity contribution in [1.82, 2.24) is 5.32 Å². The van der Waals surface area contributed by atoms with E-state index in [0.717, 1.165) is 10.9 Å². The quantitative estimate of drug-likeness (QED) is 0.869. The van der Waals surface area contributed by atoms with E-state index in [-0.39, 0.29) is 5.54 Å². The molecule has 0 radical (unpaired) electrons. The van der Waals surface area contributed by atoms with Gasteiger partial charge in [-0.25, -0.2) is 0 Å². The molecule has 0 aliphatic rings. The summed E-state index contributed by atoms with van der Waals surface area (Å²) in [6.45, 7) is 8.99. The van der Waals surface area contributed by atoms with Crippen molar-refractivity contribution in [2.75, 3.05) is 19.0 Å². The van der Waals surface area contributed by atoms with Gasteiger partial charge in [-0.1, -0.05) is 22.9 Å². The van der Waals surface area contributed by atoms with Crippen LogP contribution in [0.15, 0.2) is 22.7 Å². The molecule has 102 valence electrons. The summed E-state index contributed by atoms with van der Waals surface area (Å²) in [5, 5.41) is 3.33. The van der Waals surface area contributed by atoms with Crippen molar-refractivity contribution < 1.29 is 0 Å². The Labute approximate surface area is 120 Å². The number of anilines is 1. The van der Waals surface area contributed by atoms with E-state index in [0.29, 0.717) is 6.04 Å². The lowest BCUT2D eigenvalue weighted by Crippen LogP contribution is -2.41. The third-order valence-electron chi connectivity index (χ3n) is 4.02. The van der Waals surface area contributed by atoms with E-state index >= 15 is 0 Å². The van der Waals surface area contributed by atoms with Gasteiger partial charge in [-0.05, 0) is 58.0 Å². The molecule has 0 spiro atoms. The molecule has 0 heterocycles. The highest BCUT2D eigenvalue weighted by atomic mass is 79.9. The third kappa shape index (κ3) is 3.27. The van der Waals surface area contributed by atoms with Gasteiger partial charge in [0.25, 0.3) is 0 Å². The number of rotatable bonds is 5. The van der Waals surface area contributed by atoms with Gasteiger partial charge in [0.05, 0.1) is 0 Å². The van der Waals surface area contributed by atoms with Crippen LogP contribution in [0.25, 0.3) is 0 Å². The average molecular weight is 313 g/mol. The van der Waals surface area contributed by atoms with Gasteiger partial charge in [0.15, 0.2) is 0 Å². The van der Waals surface area contributed by atoms with Crippen LogP contribution in [0.3, 0.4) is 0 Å². The zero-order chi connectivity index (χ0) is 13.9. The Morgan fingerprint density at radius 3 is 2.50 bits per heavy atom. The molecule has 1 atom stereocenters. The third-order valence-corrected chi connectivity index (χ3v) is 4.52. The fourth-order valence-electron chi connectivity index (χ4n) is 1.90. The Bertz CT molecular complexity index is 401. The summed E-state index contributed by atoms with van der Waals surface area (Å²) in [5.41, 5.74) is 2.79. The first kappa shape index (κ1) is 15.5. The topological polar surface area (TPSA) is 15.3 Å². The maximum atomic E-state index is 3.56. The lowest BCUT2D eigenvalue weighted by Gasteiger charge is -2.38. The number of halogens is 1. The molecule has 1 aromatic carbocycles. The molecule has 0 fully saturated rings. The van der Waals surface area contributed by atoms with Crippen molar-refractivity contribution in [3.8, 4) is 0 Å². The van der Waals surface area contributed by atoms with Gasteiger partial charge in [-0.15, -0.1) is 0 Å². The van der Waals surface area contributed by atoms with E-state index < -0.39 is 0 Å². The molecule has 0 bridgehead atoms. The van der Waals surface area contributed by atoms with Gasteiger partial charge in [0, 0.05) is 28.8 Å². The molecule has 1 N–H and O–H groups in total. The zero-order valence-corrected chi connectivity index (χ0v) is 13.9. The van der Waals surface area contributed by atoms with Crippen molar-refractivity contribution in [3.63, 3.8) is 0 Å². The Morgan fingerprint density at radius 2 is 2.00 bits per heavy atom. The van der Waals surface area contributed by atoms with Crippen LogP contribution in [0, 0.1) is 0 Å². The molecule has 0 amide bonds. The molecule has 18 heavy (non-hydrogen) atoms. The molecule has 1 aromatic rings. The fourth-order valence-corrected chi connectivity index (χ4v) is 2.28. The van der Waals surface area contributed by atoms with Crippen LogP contribution >= 0.6 is 15.9 Å². The minimum absolute atomic E-state index is 0.163.